The molecular formula is C66H56N6O12. The molecule has 0 bridgehead atoms. The van der Waals surface area contributed by atoms with Crippen molar-refractivity contribution in [2.24, 2.45) is 0 Å². The van der Waals surface area contributed by atoms with Crippen molar-refractivity contribution in [1.29, 1.82) is 0 Å². The summed E-state index contributed by atoms with van der Waals surface area (Å²) in [6, 6.07) is 49.1. The van der Waals surface area contributed by atoms with Gasteiger partial charge in [-0.25, -0.2) is 28.8 Å². The van der Waals surface area contributed by atoms with Crippen LogP contribution in [0.25, 0.3) is 0 Å². The predicted molar refractivity (Wildman–Crippen MR) is 323 cm³/mol. The van der Waals surface area contributed by atoms with E-state index in [1.54, 1.807) is 97.1 Å². The molecule has 422 valence electrons. The Balaban J connectivity index is 1.15. The highest BCUT2D eigenvalue weighted by molar-refractivity contribution is 6.14. The van der Waals surface area contributed by atoms with Gasteiger partial charge in [-0.2, -0.15) is 0 Å². The summed E-state index contributed by atoms with van der Waals surface area (Å²) in [6.45, 7) is 7.58. The molecule has 0 aliphatic rings. The van der Waals surface area contributed by atoms with Gasteiger partial charge in [-0.3, -0.25) is 0 Å². The summed E-state index contributed by atoms with van der Waals surface area (Å²) < 4.78 is 22.2. The van der Waals surface area contributed by atoms with Crippen molar-refractivity contribution in [3.63, 3.8) is 0 Å². The number of methoxy groups -OCH3 is 2. The molecule has 0 unspecified atom stereocenters. The maximum atomic E-state index is 14.9. The van der Waals surface area contributed by atoms with Crippen LogP contribution in [0, 0.1) is 27.7 Å². The van der Waals surface area contributed by atoms with E-state index in [4.69, 9.17) is 18.9 Å². The summed E-state index contributed by atoms with van der Waals surface area (Å²) in [5, 5.41) is 39.6. The average molecular weight is 1130 g/mol. The largest absolute Gasteiger partial charge is 0.497 e. The zero-order chi connectivity index (χ0) is 59.6. The fraction of sp³-hybridized carbons (Fsp3) is 0.0909. The highest BCUT2D eigenvalue weighted by atomic mass is 16.6. The molecule has 0 atom stereocenters. The van der Waals surface area contributed by atoms with Crippen molar-refractivity contribution >= 4 is 104 Å². The molecule has 0 fully saturated rings. The van der Waals surface area contributed by atoms with E-state index in [2.05, 4.69) is 31.9 Å². The lowest BCUT2D eigenvalue weighted by Crippen LogP contribution is -2.19. The molecule has 18 nitrogen and oxygen atoms in total. The minimum Gasteiger partial charge on any atom is -0.497 e. The standard InChI is InChI=1S/C66H56N6O12/c1-37-7-15-41(16-8-37)67-55-33-51(57(31-49(55)61(73)74)69-43-19-11-39(3)12-20-43)63(77)83-65(79)53-35-60(72-46-25-29-48(82-6)30-26-46)54(36-59(53)71-45-23-27-47(81-5)28-24-45)66(80)84-64(78)52-34-56(68-42-17-9-38(2)10-18-42)50(62(75)76)32-58(52)70-44-21-13-40(4)14-22-44/h7-36,67-72H,1-6H3,(H,73,74)(H,75,76). The van der Waals surface area contributed by atoms with Gasteiger partial charge in [0.25, 0.3) is 0 Å². The minimum absolute atomic E-state index is 0.00223. The first kappa shape index (κ1) is 57.3. The number of ether oxygens (including phenoxy) is 4. The van der Waals surface area contributed by atoms with Crippen LogP contribution in [0.3, 0.4) is 0 Å². The van der Waals surface area contributed by atoms with Crippen LogP contribution < -0.4 is 41.4 Å². The Kier molecular flexibility index (Phi) is 17.3. The van der Waals surface area contributed by atoms with Gasteiger partial charge in [0.15, 0.2) is 0 Å². The van der Waals surface area contributed by atoms with E-state index < -0.39 is 35.8 Å². The normalized spacial score (nSPS) is 10.6. The lowest BCUT2D eigenvalue weighted by molar-refractivity contribution is 0.0378. The molecule has 8 N–H and O–H groups in total. The van der Waals surface area contributed by atoms with Crippen LogP contribution in [0.2, 0.25) is 0 Å². The van der Waals surface area contributed by atoms with Gasteiger partial charge in [0.1, 0.15) is 11.5 Å². The Labute approximate surface area is 483 Å². The zero-order valence-electron chi connectivity index (χ0n) is 46.3. The lowest BCUT2D eigenvalue weighted by Gasteiger charge is -2.19. The summed E-state index contributed by atoms with van der Waals surface area (Å²) in [5.41, 5.74) is 4.91. The number of anilines is 12. The second-order valence-corrected chi connectivity index (χ2v) is 19.5. The van der Waals surface area contributed by atoms with Crippen LogP contribution in [-0.2, 0) is 9.47 Å². The number of carbonyl (C=O) groups excluding carboxylic acids is 4. The maximum Gasteiger partial charge on any atom is 0.348 e. The summed E-state index contributed by atoms with van der Waals surface area (Å²) in [6.07, 6.45) is 0. The maximum absolute atomic E-state index is 14.9. The number of rotatable bonds is 20. The van der Waals surface area contributed by atoms with Crippen LogP contribution in [0.1, 0.15) is 84.4 Å². The molecule has 0 heterocycles. The van der Waals surface area contributed by atoms with Gasteiger partial charge in [-0.05, 0) is 161 Å². The Bertz CT molecular complexity index is 3700. The molecule has 9 aromatic carbocycles. The van der Waals surface area contributed by atoms with Crippen molar-refractivity contribution in [1.82, 2.24) is 0 Å². The fourth-order valence-electron chi connectivity index (χ4n) is 8.67. The van der Waals surface area contributed by atoms with E-state index in [0.717, 1.165) is 22.3 Å². The van der Waals surface area contributed by atoms with Crippen LogP contribution in [0.5, 0.6) is 11.5 Å². The second-order valence-electron chi connectivity index (χ2n) is 19.5. The quantitative estimate of drug-likeness (QED) is 0.0261. The number of carbonyl (C=O) groups is 6. The minimum atomic E-state index is -1.31. The third-order valence-corrected chi connectivity index (χ3v) is 13.2. The number of carboxylic acid groups (broad SMARTS) is 2. The number of aromatic carboxylic acids is 2. The van der Waals surface area contributed by atoms with Crippen LogP contribution in [-0.4, -0.2) is 60.2 Å². The Morgan fingerprint density at radius 2 is 0.464 bits per heavy atom. The van der Waals surface area contributed by atoms with Gasteiger partial charge in [-0.15, -0.1) is 0 Å². The summed E-state index contributed by atoms with van der Waals surface area (Å²) in [4.78, 5) is 85.0. The first-order valence-electron chi connectivity index (χ1n) is 26.1. The summed E-state index contributed by atoms with van der Waals surface area (Å²) in [7, 11) is 2.98. The van der Waals surface area contributed by atoms with Gasteiger partial charge in [0.05, 0.1) is 81.7 Å². The number of aryl methyl sites for hydroxylation is 4. The number of hydrogen-bond acceptors (Lipinski definition) is 16. The van der Waals surface area contributed by atoms with Crippen molar-refractivity contribution in [3.8, 4) is 11.5 Å². The van der Waals surface area contributed by atoms with Crippen molar-refractivity contribution in [3.05, 3.63) is 238 Å². The molecule has 18 heteroatoms. The third kappa shape index (κ3) is 13.9. The molecular weight excluding hydrogens is 1070 g/mol. The van der Waals surface area contributed by atoms with Crippen molar-refractivity contribution in [2.45, 2.75) is 27.7 Å². The molecule has 0 saturated heterocycles. The molecule has 0 amide bonds. The Morgan fingerprint density at radius 1 is 0.286 bits per heavy atom. The zero-order valence-corrected chi connectivity index (χ0v) is 46.3. The van der Waals surface area contributed by atoms with Crippen molar-refractivity contribution < 1.29 is 57.9 Å². The van der Waals surface area contributed by atoms with Crippen molar-refractivity contribution in [2.75, 3.05) is 46.1 Å². The summed E-state index contributed by atoms with van der Waals surface area (Å²) >= 11 is 0. The molecule has 0 radical (unpaired) electrons. The molecule has 0 saturated carbocycles. The molecule has 9 aromatic rings. The van der Waals surface area contributed by atoms with E-state index >= 15 is 0 Å². The first-order valence-corrected chi connectivity index (χ1v) is 26.1. The number of nitrogens with one attached hydrogen (secondary N) is 6. The first-order chi connectivity index (χ1) is 40.4. The smallest absolute Gasteiger partial charge is 0.348 e. The predicted octanol–water partition coefficient (Wildman–Crippen LogP) is 14.8. The van der Waals surface area contributed by atoms with E-state index in [0.29, 0.717) is 45.6 Å². The number of benzene rings is 9. The molecule has 0 aromatic heterocycles. The second kappa shape index (κ2) is 25.4. The third-order valence-electron chi connectivity index (χ3n) is 13.2. The van der Waals surface area contributed by atoms with Gasteiger partial charge in [0.2, 0.25) is 0 Å². The lowest BCUT2D eigenvalue weighted by atomic mass is 10.0. The van der Waals surface area contributed by atoms with Gasteiger partial charge in [-0.1, -0.05) is 70.8 Å². The van der Waals surface area contributed by atoms with Crippen LogP contribution in [0.4, 0.5) is 68.2 Å². The van der Waals surface area contributed by atoms with E-state index in [1.165, 1.54) is 50.6 Å². The highest BCUT2D eigenvalue weighted by Crippen LogP contribution is 2.37. The van der Waals surface area contributed by atoms with E-state index in [9.17, 15) is 39.0 Å². The van der Waals surface area contributed by atoms with Gasteiger partial charge in [0, 0.05) is 34.1 Å². The highest BCUT2D eigenvalue weighted by Gasteiger charge is 2.30. The molecule has 0 spiro atoms. The number of hydrogen-bond donors (Lipinski definition) is 8. The van der Waals surface area contributed by atoms with E-state index in [1.807, 2.05) is 76.2 Å². The fourth-order valence-corrected chi connectivity index (χ4v) is 8.67. The van der Waals surface area contributed by atoms with Crippen LogP contribution >= 0.6 is 0 Å². The Hall–Kier alpha value is -11.4. The Morgan fingerprint density at radius 3 is 0.655 bits per heavy atom. The molecule has 84 heavy (non-hydrogen) atoms. The number of esters is 4. The SMILES string of the molecule is COc1ccc(Nc2cc(C(=O)OC(=O)c3cc(Nc4ccc(C)cc4)c(C(=O)O)cc3Nc3ccc(C)cc3)c(Nc3ccc(OC)cc3)cc2C(=O)OC(=O)c2cc(Nc3ccc(C)cc3)c(C(=O)O)cc2Nc2ccc(C)cc2)cc1. The van der Waals surface area contributed by atoms with Crippen LogP contribution in [0.15, 0.2) is 182 Å². The molecule has 0 aliphatic carbocycles. The summed E-state index contributed by atoms with van der Waals surface area (Å²) in [5.74, 6) is -6.44. The topological polar surface area (TPSA) is 252 Å². The molecule has 9 rings (SSSR count). The molecule has 0 aliphatic heterocycles. The number of carboxylic acids is 2. The monoisotopic (exact) mass is 1120 g/mol. The average Bonchev–Trinajstić information content (AvgIpc) is 2.88. The van der Waals surface area contributed by atoms with Gasteiger partial charge < -0.3 is 61.1 Å². The van der Waals surface area contributed by atoms with Gasteiger partial charge >= 0.3 is 35.8 Å². The van der Waals surface area contributed by atoms with E-state index in [-0.39, 0.29) is 67.5 Å².